The molecule has 1 aliphatic rings. The van der Waals surface area contributed by atoms with Crippen LogP contribution < -0.4 is 10.6 Å². The average molecular weight is 353 g/mol. The number of nitrogens with one attached hydrogen (secondary N) is 2. The first-order valence-electron chi connectivity index (χ1n) is 8.69. The molecule has 1 heterocycles. The van der Waals surface area contributed by atoms with Gasteiger partial charge in [0.05, 0.1) is 6.10 Å². The molecule has 0 unspecified atom stereocenters. The van der Waals surface area contributed by atoms with Crippen LogP contribution in [0.5, 0.6) is 0 Å². The van der Waals surface area contributed by atoms with Gasteiger partial charge in [0.1, 0.15) is 5.69 Å². The maximum atomic E-state index is 12.6. The summed E-state index contributed by atoms with van der Waals surface area (Å²) in [5.74, 6) is -0.497. The number of ether oxygens (including phenoxy) is 1. The number of hydrogen-bond donors (Lipinski definition) is 2. The average Bonchev–Trinajstić information content (AvgIpc) is 2.64. The maximum absolute atomic E-state index is 12.6. The van der Waals surface area contributed by atoms with Gasteiger partial charge in [0, 0.05) is 37.9 Å². The molecule has 2 aromatic rings. The van der Waals surface area contributed by atoms with E-state index in [2.05, 4.69) is 15.6 Å². The van der Waals surface area contributed by atoms with Crippen LogP contribution in [-0.2, 0) is 11.2 Å². The van der Waals surface area contributed by atoms with Crippen LogP contribution in [0.4, 0.5) is 0 Å². The molecule has 0 spiro atoms. The van der Waals surface area contributed by atoms with Gasteiger partial charge in [0.15, 0.2) is 0 Å². The highest BCUT2D eigenvalue weighted by Gasteiger charge is 2.30. The van der Waals surface area contributed by atoms with E-state index in [9.17, 15) is 9.59 Å². The van der Waals surface area contributed by atoms with Gasteiger partial charge in [-0.05, 0) is 30.5 Å². The second-order valence-corrected chi connectivity index (χ2v) is 6.47. The first-order valence-corrected chi connectivity index (χ1v) is 8.69. The highest BCUT2D eigenvalue weighted by Crippen LogP contribution is 2.23. The Morgan fingerprint density at radius 1 is 1.15 bits per heavy atom. The lowest BCUT2D eigenvalue weighted by Crippen LogP contribution is -2.47. The first-order chi connectivity index (χ1) is 12.6. The maximum Gasteiger partial charge on any atom is 0.269 e. The molecule has 6 heteroatoms. The fourth-order valence-corrected chi connectivity index (χ4v) is 3.00. The Bertz CT molecular complexity index is 786. The van der Waals surface area contributed by atoms with Gasteiger partial charge in [-0.25, -0.2) is 4.98 Å². The summed E-state index contributed by atoms with van der Waals surface area (Å²) in [6, 6.07) is 13.2. The smallest absolute Gasteiger partial charge is 0.269 e. The van der Waals surface area contributed by atoms with Gasteiger partial charge in [-0.15, -0.1) is 0 Å². The predicted octanol–water partition coefficient (Wildman–Crippen LogP) is 1.94. The third kappa shape index (κ3) is 4.26. The Balaban J connectivity index is 1.80. The fourth-order valence-electron chi connectivity index (χ4n) is 3.00. The van der Waals surface area contributed by atoms with E-state index in [4.69, 9.17) is 4.74 Å². The summed E-state index contributed by atoms with van der Waals surface area (Å²) in [7, 11) is 3.23. The molecule has 6 nitrogen and oxygen atoms in total. The number of amides is 2. The molecule has 2 N–H and O–H groups in total. The molecular weight excluding hydrogens is 330 g/mol. The Kier molecular flexibility index (Phi) is 5.63. The number of nitrogens with zero attached hydrogens (tertiary/aromatic N) is 1. The molecule has 1 aliphatic carbocycles. The molecule has 1 aromatic carbocycles. The minimum absolute atomic E-state index is 0.113. The second kappa shape index (κ2) is 8.10. The summed E-state index contributed by atoms with van der Waals surface area (Å²) in [6.45, 7) is 0. The van der Waals surface area contributed by atoms with Gasteiger partial charge in [-0.3, -0.25) is 9.59 Å². The molecule has 3 rings (SSSR count). The number of aromatic nitrogens is 1. The standard InChI is InChI=1S/C20H23N3O3/c1-21-20(25)18-10-14(19(24)23-16-11-17(12-16)26-2)9-15(22-18)8-13-6-4-3-5-7-13/h3-7,9-10,16-17H,8,11-12H2,1-2H3,(H,21,25)(H,23,24). The SMILES string of the molecule is CNC(=O)c1cc(C(=O)NC2CC(OC)C2)cc(Cc2ccccc2)n1. The number of carbonyl (C=O) groups excluding carboxylic acids is 2. The summed E-state index contributed by atoms with van der Waals surface area (Å²) in [5, 5.41) is 5.56. The molecule has 2 amide bonds. The van der Waals surface area contributed by atoms with Gasteiger partial charge >= 0.3 is 0 Å². The number of benzene rings is 1. The van der Waals surface area contributed by atoms with Crippen molar-refractivity contribution in [2.75, 3.05) is 14.2 Å². The number of carbonyl (C=O) groups is 2. The van der Waals surface area contributed by atoms with E-state index in [1.807, 2.05) is 30.3 Å². The quantitative estimate of drug-likeness (QED) is 0.832. The summed E-state index contributed by atoms with van der Waals surface area (Å²) >= 11 is 0. The molecule has 26 heavy (non-hydrogen) atoms. The van der Waals surface area contributed by atoms with Crippen LogP contribution in [0, 0.1) is 0 Å². The van der Waals surface area contributed by atoms with Crippen molar-refractivity contribution in [3.63, 3.8) is 0 Å². The number of rotatable bonds is 6. The Morgan fingerprint density at radius 3 is 2.54 bits per heavy atom. The molecule has 1 saturated carbocycles. The third-order valence-electron chi connectivity index (χ3n) is 4.59. The van der Waals surface area contributed by atoms with E-state index in [1.54, 1.807) is 20.2 Å². The summed E-state index contributed by atoms with van der Waals surface area (Å²) in [5.41, 5.74) is 2.45. The van der Waals surface area contributed by atoms with E-state index in [0.29, 0.717) is 17.7 Å². The Hall–Kier alpha value is -2.73. The van der Waals surface area contributed by atoms with Crippen molar-refractivity contribution < 1.29 is 14.3 Å². The van der Waals surface area contributed by atoms with Gasteiger partial charge < -0.3 is 15.4 Å². The summed E-state index contributed by atoms with van der Waals surface area (Å²) < 4.78 is 5.24. The van der Waals surface area contributed by atoms with Gasteiger partial charge in [-0.2, -0.15) is 0 Å². The number of methoxy groups -OCH3 is 1. The van der Waals surface area contributed by atoms with Crippen molar-refractivity contribution in [3.05, 3.63) is 65.0 Å². The van der Waals surface area contributed by atoms with Crippen molar-refractivity contribution in [1.82, 2.24) is 15.6 Å². The zero-order valence-corrected chi connectivity index (χ0v) is 15.0. The van der Waals surface area contributed by atoms with Gasteiger partial charge in [-0.1, -0.05) is 30.3 Å². The normalized spacial score (nSPS) is 18.7. The van der Waals surface area contributed by atoms with Crippen LogP contribution in [0.1, 0.15) is 44.9 Å². The molecule has 1 fully saturated rings. The van der Waals surface area contributed by atoms with Crippen LogP contribution in [-0.4, -0.2) is 43.1 Å². The van der Waals surface area contributed by atoms with Crippen molar-refractivity contribution >= 4 is 11.8 Å². The lowest BCUT2D eigenvalue weighted by atomic mass is 9.89. The largest absolute Gasteiger partial charge is 0.381 e. The molecule has 0 atom stereocenters. The van der Waals surface area contributed by atoms with Crippen LogP contribution in [0.2, 0.25) is 0 Å². The minimum atomic E-state index is -0.308. The number of hydrogen-bond acceptors (Lipinski definition) is 4. The van der Waals surface area contributed by atoms with Gasteiger partial charge in [0.25, 0.3) is 11.8 Å². The second-order valence-electron chi connectivity index (χ2n) is 6.47. The Labute approximate surface area is 153 Å². The first kappa shape index (κ1) is 18.1. The Morgan fingerprint density at radius 2 is 1.88 bits per heavy atom. The van der Waals surface area contributed by atoms with E-state index < -0.39 is 0 Å². The molecule has 136 valence electrons. The third-order valence-corrected chi connectivity index (χ3v) is 4.59. The van der Waals surface area contributed by atoms with Crippen LogP contribution in [0.15, 0.2) is 42.5 Å². The van der Waals surface area contributed by atoms with Crippen molar-refractivity contribution in [2.45, 2.75) is 31.4 Å². The van der Waals surface area contributed by atoms with E-state index in [-0.39, 0.29) is 29.7 Å². The summed E-state index contributed by atoms with van der Waals surface area (Å²) in [4.78, 5) is 29.1. The molecular formula is C20H23N3O3. The number of pyridine rings is 1. The topological polar surface area (TPSA) is 80.3 Å². The molecule has 0 radical (unpaired) electrons. The summed E-state index contributed by atoms with van der Waals surface area (Å²) in [6.07, 6.45) is 2.40. The van der Waals surface area contributed by atoms with Crippen molar-refractivity contribution in [2.24, 2.45) is 0 Å². The molecule has 1 aromatic heterocycles. The predicted molar refractivity (Wildman–Crippen MR) is 98.2 cm³/mol. The van der Waals surface area contributed by atoms with Gasteiger partial charge in [0.2, 0.25) is 0 Å². The fraction of sp³-hybridized carbons (Fsp3) is 0.350. The molecule has 0 saturated heterocycles. The lowest BCUT2D eigenvalue weighted by molar-refractivity contribution is 0.0176. The van der Waals surface area contributed by atoms with Crippen LogP contribution in [0.3, 0.4) is 0 Å². The zero-order valence-electron chi connectivity index (χ0n) is 15.0. The van der Waals surface area contributed by atoms with Crippen LogP contribution in [0.25, 0.3) is 0 Å². The highest BCUT2D eigenvalue weighted by atomic mass is 16.5. The van der Waals surface area contributed by atoms with E-state index in [0.717, 1.165) is 18.4 Å². The highest BCUT2D eigenvalue weighted by molar-refractivity contribution is 5.98. The van der Waals surface area contributed by atoms with E-state index in [1.165, 1.54) is 6.07 Å². The van der Waals surface area contributed by atoms with Crippen molar-refractivity contribution in [1.29, 1.82) is 0 Å². The van der Waals surface area contributed by atoms with Crippen LogP contribution >= 0.6 is 0 Å². The molecule has 0 aliphatic heterocycles. The monoisotopic (exact) mass is 353 g/mol. The minimum Gasteiger partial charge on any atom is -0.381 e. The van der Waals surface area contributed by atoms with E-state index >= 15 is 0 Å². The van der Waals surface area contributed by atoms with Crippen molar-refractivity contribution in [3.8, 4) is 0 Å². The molecule has 0 bridgehead atoms. The lowest BCUT2D eigenvalue weighted by Gasteiger charge is -2.34. The zero-order chi connectivity index (χ0) is 18.5.